The van der Waals surface area contributed by atoms with Crippen LogP contribution in [0.3, 0.4) is 0 Å². The molecule has 2 amide bonds. The van der Waals surface area contributed by atoms with Gasteiger partial charge in [-0.25, -0.2) is 0 Å². The van der Waals surface area contributed by atoms with Crippen molar-refractivity contribution in [3.8, 4) is 11.5 Å². The highest BCUT2D eigenvalue weighted by Crippen LogP contribution is 2.26. The maximum atomic E-state index is 12.8. The molecule has 1 aromatic heterocycles. The third kappa shape index (κ3) is 4.74. The van der Waals surface area contributed by atoms with Gasteiger partial charge < -0.3 is 14.7 Å². The van der Waals surface area contributed by atoms with Crippen molar-refractivity contribution in [3.05, 3.63) is 71.0 Å². The topological polar surface area (TPSA) is 88.3 Å². The fourth-order valence-corrected chi connectivity index (χ4v) is 2.81. The summed E-state index contributed by atoms with van der Waals surface area (Å²) >= 11 is 0. The minimum atomic E-state index is -0.251. The van der Waals surface area contributed by atoms with Gasteiger partial charge in [-0.3, -0.25) is 9.59 Å². The molecule has 0 aliphatic rings. The van der Waals surface area contributed by atoms with Crippen LogP contribution in [0.5, 0.6) is 0 Å². The number of nitrogens with zero attached hydrogens (tertiary/aromatic N) is 3. The lowest BCUT2D eigenvalue weighted by Gasteiger charge is -2.11. The maximum absolute atomic E-state index is 12.8. The second-order valence-corrected chi connectivity index (χ2v) is 8.30. The first kappa shape index (κ1) is 21.2. The highest BCUT2D eigenvalue weighted by molar-refractivity contribution is 6.00. The molecule has 1 heterocycles. The minimum Gasteiger partial charge on any atom is -0.348 e. The molecule has 7 nitrogen and oxygen atoms in total. The van der Waals surface area contributed by atoms with Gasteiger partial charge in [-0.15, -0.1) is 0 Å². The molecule has 0 spiro atoms. The average Bonchev–Trinajstić information content (AvgIpc) is 3.22. The number of carbonyl (C=O) groups excluding carboxylic acids is 2. The molecule has 0 atom stereocenters. The van der Waals surface area contributed by atoms with Gasteiger partial charge >= 0.3 is 0 Å². The minimum absolute atomic E-state index is 0.0614. The fraction of sp³-hybridized carbons (Fsp3) is 0.304. The van der Waals surface area contributed by atoms with Gasteiger partial charge in [-0.05, 0) is 29.8 Å². The van der Waals surface area contributed by atoms with Crippen molar-refractivity contribution < 1.29 is 14.1 Å². The molecule has 3 aromatic rings. The van der Waals surface area contributed by atoms with Crippen LogP contribution in [0.1, 0.15) is 52.9 Å². The van der Waals surface area contributed by atoms with Crippen molar-refractivity contribution in [1.29, 1.82) is 0 Å². The van der Waals surface area contributed by atoms with Crippen molar-refractivity contribution in [2.75, 3.05) is 14.1 Å². The molecule has 1 N–H and O–H groups in total. The Hall–Kier alpha value is -3.48. The van der Waals surface area contributed by atoms with Crippen LogP contribution in [-0.2, 0) is 12.0 Å². The lowest BCUT2D eigenvalue weighted by molar-refractivity contribution is 0.0827. The van der Waals surface area contributed by atoms with Crippen LogP contribution in [0.4, 0.5) is 0 Å². The molecule has 156 valence electrons. The van der Waals surface area contributed by atoms with E-state index in [0.717, 1.165) is 5.56 Å². The van der Waals surface area contributed by atoms with Crippen LogP contribution in [0.2, 0.25) is 0 Å². The smallest absolute Gasteiger partial charge is 0.258 e. The van der Waals surface area contributed by atoms with Crippen molar-refractivity contribution in [1.82, 2.24) is 20.4 Å². The summed E-state index contributed by atoms with van der Waals surface area (Å²) in [6, 6.07) is 14.3. The number of benzene rings is 2. The van der Waals surface area contributed by atoms with Gasteiger partial charge in [0, 0.05) is 31.6 Å². The number of amides is 2. The van der Waals surface area contributed by atoms with Gasteiger partial charge in [0.05, 0.1) is 11.1 Å². The molecule has 7 heteroatoms. The average molecular weight is 406 g/mol. The van der Waals surface area contributed by atoms with Gasteiger partial charge in [0.2, 0.25) is 0 Å². The summed E-state index contributed by atoms with van der Waals surface area (Å²) in [6.07, 6.45) is 0. The molecule has 0 fully saturated rings. The van der Waals surface area contributed by atoms with E-state index in [2.05, 4.69) is 15.5 Å². The first-order valence-electron chi connectivity index (χ1n) is 9.69. The van der Waals surface area contributed by atoms with Gasteiger partial charge in [0.15, 0.2) is 5.82 Å². The molecule has 0 aliphatic heterocycles. The fourth-order valence-electron chi connectivity index (χ4n) is 2.81. The Kier molecular flexibility index (Phi) is 6.01. The lowest BCUT2D eigenvalue weighted by atomic mass is 9.96. The molecular weight excluding hydrogens is 380 g/mol. The Labute approximate surface area is 176 Å². The van der Waals surface area contributed by atoms with Crippen LogP contribution < -0.4 is 5.32 Å². The van der Waals surface area contributed by atoms with Crippen LogP contribution in [-0.4, -0.2) is 41.0 Å². The molecule has 2 aromatic carbocycles. The van der Waals surface area contributed by atoms with Gasteiger partial charge in [0.25, 0.3) is 17.7 Å². The third-order valence-corrected chi connectivity index (χ3v) is 4.56. The Balaban J connectivity index is 1.74. The second kappa shape index (κ2) is 8.49. The van der Waals surface area contributed by atoms with E-state index in [9.17, 15) is 9.59 Å². The van der Waals surface area contributed by atoms with Gasteiger partial charge in [-0.1, -0.05) is 50.2 Å². The third-order valence-electron chi connectivity index (χ3n) is 4.56. The Morgan fingerprint density at radius 3 is 2.30 bits per heavy atom. The molecule has 30 heavy (non-hydrogen) atoms. The van der Waals surface area contributed by atoms with Crippen molar-refractivity contribution in [3.63, 3.8) is 0 Å². The van der Waals surface area contributed by atoms with Crippen LogP contribution in [0, 0.1) is 0 Å². The van der Waals surface area contributed by atoms with Crippen LogP contribution in [0.25, 0.3) is 11.5 Å². The standard InChI is InChI=1S/C23H26N4O3/c1-23(2,3)22-25-20(30-26-22)18-9-7-6-8-17(18)19(28)24-14-15-10-12-16(13-11-15)21(29)27(4)5/h6-13H,14H2,1-5H3,(H,24,28). The summed E-state index contributed by atoms with van der Waals surface area (Å²) in [7, 11) is 3.42. The molecule has 0 bridgehead atoms. The number of carbonyl (C=O) groups is 2. The summed E-state index contributed by atoms with van der Waals surface area (Å²) < 4.78 is 5.41. The largest absolute Gasteiger partial charge is 0.348 e. The number of hydrogen-bond acceptors (Lipinski definition) is 5. The summed E-state index contributed by atoms with van der Waals surface area (Å²) in [5.74, 6) is 0.598. The monoisotopic (exact) mass is 406 g/mol. The zero-order valence-electron chi connectivity index (χ0n) is 17.9. The van der Waals surface area contributed by atoms with E-state index < -0.39 is 0 Å². The van der Waals surface area contributed by atoms with E-state index in [1.807, 2.05) is 39.0 Å². The summed E-state index contributed by atoms with van der Waals surface area (Å²) in [6.45, 7) is 6.33. The van der Waals surface area contributed by atoms with Crippen molar-refractivity contribution >= 4 is 11.8 Å². The number of rotatable bonds is 5. The van der Waals surface area contributed by atoms with E-state index >= 15 is 0 Å². The SMILES string of the molecule is CN(C)C(=O)c1ccc(CNC(=O)c2ccccc2-c2nc(C(C)(C)C)no2)cc1. The van der Waals surface area contributed by atoms with Crippen molar-refractivity contribution in [2.24, 2.45) is 0 Å². The van der Waals surface area contributed by atoms with Crippen molar-refractivity contribution in [2.45, 2.75) is 32.7 Å². The number of nitrogens with one attached hydrogen (secondary N) is 1. The predicted molar refractivity (Wildman–Crippen MR) is 114 cm³/mol. The Morgan fingerprint density at radius 2 is 1.70 bits per heavy atom. The quantitative estimate of drug-likeness (QED) is 0.698. The molecular formula is C23H26N4O3. The molecule has 0 aliphatic carbocycles. The van der Waals surface area contributed by atoms with E-state index in [-0.39, 0.29) is 17.2 Å². The number of aromatic nitrogens is 2. The maximum Gasteiger partial charge on any atom is 0.258 e. The summed E-state index contributed by atoms with van der Waals surface area (Å²) in [4.78, 5) is 30.8. The Morgan fingerprint density at radius 1 is 1.03 bits per heavy atom. The second-order valence-electron chi connectivity index (χ2n) is 8.30. The van der Waals surface area contributed by atoms with Gasteiger partial charge in [0.1, 0.15) is 0 Å². The molecule has 0 saturated heterocycles. The summed E-state index contributed by atoms with van der Waals surface area (Å²) in [5, 5.41) is 6.95. The zero-order chi connectivity index (χ0) is 21.9. The van der Waals surface area contributed by atoms with E-state index in [0.29, 0.717) is 35.0 Å². The first-order valence-corrected chi connectivity index (χ1v) is 9.69. The van der Waals surface area contributed by atoms with Crippen LogP contribution in [0.15, 0.2) is 53.1 Å². The number of hydrogen-bond donors (Lipinski definition) is 1. The van der Waals surface area contributed by atoms with E-state index in [4.69, 9.17) is 4.52 Å². The first-order chi connectivity index (χ1) is 14.2. The van der Waals surface area contributed by atoms with E-state index in [1.165, 1.54) is 4.90 Å². The predicted octanol–water partition coefficient (Wildman–Crippen LogP) is 3.67. The Bertz CT molecular complexity index is 1050. The summed E-state index contributed by atoms with van der Waals surface area (Å²) in [5.41, 5.74) is 2.29. The molecule has 0 unspecified atom stereocenters. The lowest BCUT2D eigenvalue weighted by Crippen LogP contribution is -2.24. The normalized spacial score (nSPS) is 11.2. The van der Waals surface area contributed by atoms with E-state index in [1.54, 1.807) is 44.4 Å². The zero-order valence-corrected chi connectivity index (χ0v) is 17.9. The molecule has 3 rings (SSSR count). The highest BCUT2D eigenvalue weighted by atomic mass is 16.5. The van der Waals surface area contributed by atoms with Crippen LogP contribution >= 0.6 is 0 Å². The highest BCUT2D eigenvalue weighted by Gasteiger charge is 2.23. The molecule has 0 saturated carbocycles. The van der Waals surface area contributed by atoms with Gasteiger partial charge in [-0.2, -0.15) is 4.98 Å². The molecule has 0 radical (unpaired) electrons.